The first kappa shape index (κ1) is 9.20. The number of aromatic nitrogens is 2. The highest BCUT2D eigenvalue weighted by Gasteiger charge is 2.21. The van der Waals surface area contributed by atoms with Crippen molar-refractivity contribution in [1.82, 2.24) is 10.1 Å². The number of pyridine rings is 1. The highest BCUT2D eigenvalue weighted by atomic mass is 16.5. The number of hydrogen-bond acceptors (Lipinski definition) is 5. The van der Waals surface area contributed by atoms with E-state index in [0.717, 1.165) is 0 Å². The molecule has 0 saturated carbocycles. The Kier molecular flexibility index (Phi) is 2.09. The fourth-order valence-corrected chi connectivity index (χ4v) is 1.21. The summed E-state index contributed by atoms with van der Waals surface area (Å²) in [5, 5.41) is 12.5. The number of nitrogen functional groups attached to an aromatic ring is 1. The van der Waals surface area contributed by atoms with E-state index in [4.69, 9.17) is 10.8 Å². The van der Waals surface area contributed by atoms with E-state index in [0.29, 0.717) is 5.56 Å². The van der Waals surface area contributed by atoms with Crippen molar-refractivity contribution in [2.75, 3.05) is 5.73 Å². The van der Waals surface area contributed by atoms with Gasteiger partial charge >= 0.3 is 5.97 Å². The maximum absolute atomic E-state index is 10.9. The van der Waals surface area contributed by atoms with Crippen molar-refractivity contribution in [2.45, 2.75) is 0 Å². The Balaban J connectivity index is 2.59. The Morgan fingerprint density at radius 3 is 2.93 bits per heavy atom. The molecule has 3 N–H and O–H groups in total. The summed E-state index contributed by atoms with van der Waals surface area (Å²) in [6.45, 7) is 0. The molecule has 0 atom stereocenters. The van der Waals surface area contributed by atoms with Crippen LogP contribution in [0.5, 0.6) is 0 Å². The molecular formula is C9H7N3O3. The molecule has 0 aromatic carbocycles. The number of nitrogens with two attached hydrogens (primary N) is 1. The predicted molar refractivity (Wildman–Crippen MR) is 51.1 cm³/mol. The zero-order valence-corrected chi connectivity index (χ0v) is 7.54. The molecule has 2 rings (SSSR count). The van der Waals surface area contributed by atoms with Gasteiger partial charge in [-0.2, -0.15) is 0 Å². The van der Waals surface area contributed by atoms with Gasteiger partial charge in [-0.15, -0.1) is 0 Å². The van der Waals surface area contributed by atoms with Crippen LogP contribution in [0.2, 0.25) is 0 Å². The maximum atomic E-state index is 10.9. The van der Waals surface area contributed by atoms with Gasteiger partial charge in [0, 0.05) is 18.0 Å². The van der Waals surface area contributed by atoms with Gasteiger partial charge in [-0.3, -0.25) is 4.98 Å². The lowest BCUT2D eigenvalue weighted by molar-refractivity contribution is 0.0698. The molecule has 0 amide bonds. The third-order valence-electron chi connectivity index (χ3n) is 1.87. The molecule has 0 aliphatic carbocycles. The molecule has 0 radical (unpaired) electrons. The Hall–Kier alpha value is -2.37. The molecule has 0 unspecified atom stereocenters. The van der Waals surface area contributed by atoms with Gasteiger partial charge < -0.3 is 15.4 Å². The van der Waals surface area contributed by atoms with Crippen LogP contribution in [-0.4, -0.2) is 21.2 Å². The molecule has 76 valence electrons. The van der Waals surface area contributed by atoms with Crippen LogP contribution in [0, 0.1) is 0 Å². The zero-order chi connectivity index (χ0) is 10.8. The normalized spacial score (nSPS) is 10.1. The fraction of sp³-hybridized carbons (Fsp3) is 0. The van der Waals surface area contributed by atoms with E-state index < -0.39 is 5.97 Å². The molecule has 15 heavy (non-hydrogen) atoms. The average Bonchev–Trinajstić information content (AvgIpc) is 2.61. The summed E-state index contributed by atoms with van der Waals surface area (Å²) in [6, 6.07) is 3.35. The zero-order valence-electron chi connectivity index (χ0n) is 7.54. The molecule has 0 fully saturated rings. The number of rotatable bonds is 2. The van der Waals surface area contributed by atoms with Gasteiger partial charge in [-0.05, 0) is 12.1 Å². The van der Waals surface area contributed by atoms with Crippen molar-refractivity contribution in [2.24, 2.45) is 0 Å². The number of carbonyl (C=O) groups is 1. The van der Waals surface area contributed by atoms with Crippen LogP contribution in [0.1, 0.15) is 10.4 Å². The highest BCUT2D eigenvalue weighted by molar-refractivity contribution is 5.98. The molecule has 0 aliphatic heterocycles. The minimum Gasteiger partial charge on any atom is -0.477 e. The first-order valence-electron chi connectivity index (χ1n) is 4.09. The summed E-state index contributed by atoms with van der Waals surface area (Å²) in [6.07, 6.45) is 3.07. The minimum absolute atomic E-state index is 0.136. The highest BCUT2D eigenvalue weighted by Crippen LogP contribution is 2.25. The Morgan fingerprint density at radius 2 is 2.33 bits per heavy atom. The van der Waals surface area contributed by atoms with Gasteiger partial charge in [0.2, 0.25) is 5.88 Å². The largest absolute Gasteiger partial charge is 0.477 e. The predicted octanol–water partition coefficient (Wildman–Crippen LogP) is 1.02. The van der Waals surface area contributed by atoms with Crippen molar-refractivity contribution in [1.29, 1.82) is 0 Å². The number of hydrogen-bond donors (Lipinski definition) is 2. The Labute approximate surface area is 84.3 Å². The average molecular weight is 205 g/mol. The molecule has 0 bridgehead atoms. The molecule has 2 aromatic rings. The van der Waals surface area contributed by atoms with Crippen LogP contribution in [0.3, 0.4) is 0 Å². The van der Waals surface area contributed by atoms with Crippen LogP contribution < -0.4 is 5.73 Å². The number of carboxylic acid groups (broad SMARTS) is 1. The summed E-state index contributed by atoms with van der Waals surface area (Å²) in [4.78, 5) is 14.7. The number of anilines is 1. The monoisotopic (exact) mass is 205 g/mol. The van der Waals surface area contributed by atoms with Gasteiger partial charge in [-0.1, -0.05) is 5.16 Å². The van der Waals surface area contributed by atoms with E-state index in [-0.39, 0.29) is 17.1 Å². The van der Waals surface area contributed by atoms with Crippen molar-refractivity contribution in [3.63, 3.8) is 0 Å². The van der Waals surface area contributed by atoms with Crippen LogP contribution in [0.15, 0.2) is 29.0 Å². The number of aromatic carboxylic acids is 1. The van der Waals surface area contributed by atoms with Crippen LogP contribution >= 0.6 is 0 Å². The molecule has 0 spiro atoms. The molecule has 6 nitrogen and oxygen atoms in total. The smallest absolute Gasteiger partial charge is 0.343 e. The van der Waals surface area contributed by atoms with Gasteiger partial charge in [-0.25, -0.2) is 4.79 Å². The number of nitrogens with zero attached hydrogens (tertiary/aromatic N) is 2. The summed E-state index contributed by atoms with van der Waals surface area (Å²) in [5.74, 6) is -1.38. The first-order valence-corrected chi connectivity index (χ1v) is 4.09. The van der Waals surface area contributed by atoms with Gasteiger partial charge in [0.25, 0.3) is 0 Å². The van der Waals surface area contributed by atoms with Gasteiger partial charge in [0.15, 0.2) is 5.56 Å². The Morgan fingerprint density at radius 1 is 1.53 bits per heavy atom. The third-order valence-corrected chi connectivity index (χ3v) is 1.87. The molecule has 0 saturated heterocycles. The summed E-state index contributed by atoms with van der Waals surface area (Å²) in [5.41, 5.74) is 5.95. The van der Waals surface area contributed by atoms with E-state index in [1.165, 1.54) is 6.20 Å². The van der Waals surface area contributed by atoms with Gasteiger partial charge in [0.05, 0.1) is 0 Å². The molecular weight excluding hydrogens is 198 g/mol. The Bertz CT molecular complexity index is 493. The quantitative estimate of drug-likeness (QED) is 0.758. The van der Waals surface area contributed by atoms with E-state index in [9.17, 15) is 4.79 Å². The van der Waals surface area contributed by atoms with Crippen LogP contribution in [0.4, 0.5) is 5.88 Å². The lowest BCUT2D eigenvalue weighted by Gasteiger charge is -1.95. The second kappa shape index (κ2) is 3.41. The molecule has 6 heteroatoms. The third kappa shape index (κ3) is 1.52. The summed E-state index contributed by atoms with van der Waals surface area (Å²) in [7, 11) is 0. The molecule has 2 aromatic heterocycles. The van der Waals surface area contributed by atoms with Crippen molar-refractivity contribution in [3.05, 3.63) is 30.1 Å². The SMILES string of the molecule is Nc1onc(-c2cccnc2)c1C(=O)O. The van der Waals surface area contributed by atoms with Crippen molar-refractivity contribution >= 4 is 11.9 Å². The maximum Gasteiger partial charge on any atom is 0.343 e. The topological polar surface area (TPSA) is 102 Å². The van der Waals surface area contributed by atoms with E-state index in [1.807, 2.05) is 0 Å². The second-order valence-corrected chi connectivity index (χ2v) is 2.82. The fourth-order valence-electron chi connectivity index (χ4n) is 1.21. The van der Waals surface area contributed by atoms with Crippen molar-refractivity contribution in [3.8, 4) is 11.3 Å². The summed E-state index contributed by atoms with van der Waals surface area (Å²) < 4.78 is 4.63. The van der Waals surface area contributed by atoms with E-state index >= 15 is 0 Å². The van der Waals surface area contributed by atoms with E-state index in [2.05, 4.69) is 14.7 Å². The molecule has 2 heterocycles. The minimum atomic E-state index is -1.17. The first-order chi connectivity index (χ1) is 7.20. The van der Waals surface area contributed by atoms with Crippen LogP contribution in [-0.2, 0) is 0 Å². The lowest BCUT2D eigenvalue weighted by Crippen LogP contribution is -2.01. The number of carboxylic acids is 1. The van der Waals surface area contributed by atoms with E-state index in [1.54, 1.807) is 18.3 Å². The molecule has 0 aliphatic rings. The summed E-state index contributed by atoms with van der Waals surface area (Å²) >= 11 is 0. The second-order valence-electron chi connectivity index (χ2n) is 2.82. The van der Waals surface area contributed by atoms with Gasteiger partial charge in [0.1, 0.15) is 5.69 Å². The lowest BCUT2D eigenvalue weighted by atomic mass is 10.1. The standard InChI is InChI=1S/C9H7N3O3/c10-8-6(9(13)14)7(12-15-8)5-2-1-3-11-4-5/h1-4H,10H2,(H,13,14). The van der Waals surface area contributed by atoms with Crippen molar-refractivity contribution < 1.29 is 14.4 Å². The van der Waals surface area contributed by atoms with Crippen LogP contribution in [0.25, 0.3) is 11.3 Å².